The predicted octanol–water partition coefficient (Wildman–Crippen LogP) is 1.96. The lowest BCUT2D eigenvalue weighted by atomic mass is 10.4. The number of carbonyl (C=O) groups excluding carboxylic acids is 2. The van der Waals surface area contributed by atoms with Crippen molar-refractivity contribution in [2.75, 3.05) is 5.75 Å². The van der Waals surface area contributed by atoms with Gasteiger partial charge in [-0.2, -0.15) is 0 Å². The first kappa shape index (κ1) is 14.1. The van der Waals surface area contributed by atoms with E-state index in [9.17, 15) is 9.59 Å². The normalized spacial score (nSPS) is 11.9. The average Bonchev–Trinajstić information content (AvgIpc) is 2.28. The fraction of sp³-hybridized carbons (Fsp3) is 0.273. The summed E-state index contributed by atoms with van der Waals surface area (Å²) in [6, 6.07) is 7.55. The second-order valence-electron chi connectivity index (χ2n) is 3.28. The number of thioether (sulfide) groups is 1. The molecule has 0 spiro atoms. The van der Waals surface area contributed by atoms with E-state index in [2.05, 4.69) is 15.9 Å². The van der Waals surface area contributed by atoms with E-state index in [0.29, 0.717) is 0 Å². The molecule has 1 aromatic rings. The molecule has 92 valence electrons. The van der Waals surface area contributed by atoms with Gasteiger partial charge in [0.1, 0.15) is 0 Å². The Balaban J connectivity index is 2.38. The number of ether oxygens (including phenoxy) is 1. The Morgan fingerprint density at radius 3 is 2.53 bits per heavy atom. The van der Waals surface area contributed by atoms with Crippen LogP contribution in [-0.2, 0) is 14.3 Å². The first-order chi connectivity index (χ1) is 7.99. The summed E-state index contributed by atoms with van der Waals surface area (Å²) >= 11 is 4.67. The maximum atomic E-state index is 11.3. The van der Waals surface area contributed by atoms with Crippen LogP contribution in [0.4, 0.5) is 0 Å². The van der Waals surface area contributed by atoms with Crippen LogP contribution in [0.25, 0.3) is 0 Å². The molecule has 0 aliphatic carbocycles. The Morgan fingerprint density at radius 1 is 1.41 bits per heavy atom. The Hall–Kier alpha value is -1.01. The summed E-state index contributed by atoms with van der Waals surface area (Å²) in [6.45, 7) is 1.45. The van der Waals surface area contributed by atoms with Crippen LogP contribution in [0.15, 0.2) is 33.6 Å². The molecular weight excluding hydrogens is 306 g/mol. The number of hydrogen-bond donors (Lipinski definition) is 1. The molecule has 0 aromatic heterocycles. The van der Waals surface area contributed by atoms with Crippen molar-refractivity contribution in [3.8, 4) is 0 Å². The van der Waals surface area contributed by atoms with Crippen molar-refractivity contribution >= 4 is 39.6 Å². The summed E-state index contributed by atoms with van der Waals surface area (Å²) in [5.74, 6) is -0.949. The lowest BCUT2D eigenvalue weighted by Gasteiger charge is -2.09. The van der Waals surface area contributed by atoms with Crippen molar-refractivity contribution in [3.05, 3.63) is 28.7 Å². The van der Waals surface area contributed by atoms with E-state index in [4.69, 9.17) is 10.5 Å². The molecule has 0 saturated heterocycles. The highest BCUT2D eigenvalue weighted by atomic mass is 79.9. The van der Waals surface area contributed by atoms with Gasteiger partial charge < -0.3 is 10.5 Å². The summed E-state index contributed by atoms with van der Waals surface area (Å²) in [4.78, 5) is 23.0. The lowest BCUT2D eigenvalue weighted by Crippen LogP contribution is -2.30. The largest absolute Gasteiger partial charge is 0.452 e. The molecule has 0 bridgehead atoms. The molecule has 0 aliphatic heterocycles. The smallest absolute Gasteiger partial charge is 0.317 e. The highest BCUT2D eigenvalue weighted by Crippen LogP contribution is 2.20. The van der Waals surface area contributed by atoms with Gasteiger partial charge in [-0.15, -0.1) is 11.8 Å². The molecule has 0 saturated carbocycles. The fourth-order valence-electron chi connectivity index (χ4n) is 0.962. The summed E-state index contributed by atoms with van der Waals surface area (Å²) in [7, 11) is 0. The maximum absolute atomic E-state index is 11.3. The molecule has 4 nitrogen and oxygen atoms in total. The van der Waals surface area contributed by atoms with Crippen LogP contribution in [0.1, 0.15) is 6.92 Å². The van der Waals surface area contributed by atoms with E-state index in [1.807, 2.05) is 24.3 Å². The van der Waals surface area contributed by atoms with Gasteiger partial charge in [-0.05, 0) is 31.2 Å². The second kappa shape index (κ2) is 6.66. The van der Waals surface area contributed by atoms with Crippen LogP contribution in [0.5, 0.6) is 0 Å². The highest BCUT2D eigenvalue weighted by molar-refractivity contribution is 9.10. The van der Waals surface area contributed by atoms with E-state index in [1.54, 1.807) is 0 Å². The summed E-state index contributed by atoms with van der Waals surface area (Å²) in [6.07, 6.45) is -0.881. The van der Waals surface area contributed by atoms with Crippen molar-refractivity contribution in [1.82, 2.24) is 0 Å². The maximum Gasteiger partial charge on any atom is 0.317 e. The number of amides is 1. The third-order valence-electron chi connectivity index (χ3n) is 1.88. The summed E-state index contributed by atoms with van der Waals surface area (Å²) < 4.78 is 5.79. The third-order valence-corrected chi connectivity index (χ3v) is 3.39. The zero-order valence-corrected chi connectivity index (χ0v) is 11.6. The minimum absolute atomic E-state index is 0.152. The van der Waals surface area contributed by atoms with E-state index in [-0.39, 0.29) is 5.75 Å². The summed E-state index contributed by atoms with van der Waals surface area (Å²) in [5, 5.41) is 0. The zero-order valence-electron chi connectivity index (χ0n) is 9.18. The van der Waals surface area contributed by atoms with Crippen molar-refractivity contribution in [3.63, 3.8) is 0 Å². The van der Waals surface area contributed by atoms with Crippen molar-refractivity contribution in [2.24, 2.45) is 5.73 Å². The highest BCUT2D eigenvalue weighted by Gasteiger charge is 2.14. The molecule has 0 heterocycles. The molecule has 6 heteroatoms. The molecule has 1 atom stereocenters. The van der Waals surface area contributed by atoms with Gasteiger partial charge in [0, 0.05) is 9.37 Å². The number of benzene rings is 1. The molecule has 1 aromatic carbocycles. The van der Waals surface area contributed by atoms with Gasteiger partial charge in [0.15, 0.2) is 6.10 Å². The standard InChI is InChI=1S/C11H12BrNO3S/c1-7(11(13)15)16-10(14)6-17-9-4-2-8(12)3-5-9/h2-5,7H,6H2,1H3,(H2,13,15)/t7-/m1/s1. The monoisotopic (exact) mass is 317 g/mol. The molecule has 0 radical (unpaired) electrons. The van der Waals surface area contributed by atoms with Gasteiger partial charge in [0.05, 0.1) is 5.75 Å². The number of esters is 1. The van der Waals surface area contributed by atoms with Gasteiger partial charge in [-0.25, -0.2) is 0 Å². The molecule has 2 N–H and O–H groups in total. The number of halogens is 1. The topological polar surface area (TPSA) is 69.4 Å². The van der Waals surface area contributed by atoms with Crippen LogP contribution in [0.2, 0.25) is 0 Å². The molecule has 1 amide bonds. The zero-order chi connectivity index (χ0) is 12.8. The minimum Gasteiger partial charge on any atom is -0.452 e. The average molecular weight is 318 g/mol. The van der Waals surface area contributed by atoms with Crippen molar-refractivity contribution < 1.29 is 14.3 Å². The van der Waals surface area contributed by atoms with Gasteiger partial charge >= 0.3 is 5.97 Å². The van der Waals surface area contributed by atoms with Crippen LogP contribution in [-0.4, -0.2) is 23.7 Å². The number of nitrogens with two attached hydrogens (primary N) is 1. The molecule has 0 unspecified atom stereocenters. The Morgan fingerprint density at radius 2 is 2.00 bits per heavy atom. The Bertz CT molecular complexity index is 408. The second-order valence-corrected chi connectivity index (χ2v) is 5.24. The third kappa shape index (κ3) is 5.23. The molecule has 0 aliphatic rings. The number of carbonyl (C=O) groups is 2. The number of hydrogen-bond acceptors (Lipinski definition) is 4. The van der Waals surface area contributed by atoms with Gasteiger partial charge in [0.25, 0.3) is 5.91 Å². The Kier molecular flexibility index (Phi) is 5.50. The van der Waals surface area contributed by atoms with Crippen molar-refractivity contribution in [1.29, 1.82) is 0 Å². The molecule has 1 rings (SSSR count). The number of primary amides is 1. The van der Waals surface area contributed by atoms with Crippen molar-refractivity contribution in [2.45, 2.75) is 17.9 Å². The SMILES string of the molecule is C[C@@H](OC(=O)CSc1ccc(Br)cc1)C(N)=O. The molecule has 0 fully saturated rings. The predicted molar refractivity (Wildman–Crippen MR) is 69.6 cm³/mol. The molecule has 17 heavy (non-hydrogen) atoms. The number of rotatable bonds is 5. The molecular formula is C11H12BrNO3S. The first-order valence-electron chi connectivity index (χ1n) is 4.86. The van der Waals surface area contributed by atoms with Crippen LogP contribution in [0.3, 0.4) is 0 Å². The quantitative estimate of drug-likeness (QED) is 0.665. The van der Waals surface area contributed by atoms with Crippen LogP contribution >= 0.6 is 27.7 Å². The van der Waals surface area contributed by atoms with E-state index >= 15 is 0 Å². The van der Waals surface area contributed by atoms with Crippen LogP contribution < -0.4 is 5.73 Å². The van der Waals surface area contributed by atoms with E-state index in [1.165, 1.54) is 18.7 Å². The minimum atomic E-state index is -0.881. The van der Waals surface area contributed by atoms with E-state index in [0.717, 1.165) is 9.37 Å². The van der Waals surface area contributed by atoms with Crippen LogP contribution in [0, 0.1) is 0 Å². The summed E-state index contributed by atoms with van der Waals surface area (Å²) in [5.41, 5.74) is 4.98. The Labute approximate surface area is 112 Å². The van der Waals surface area contributed by atoms with Gasteiger partial charge in [0.2, 0.25) is 0 Å². The first-order valence-corrected chi connectivity index (χ1v) is 6.64. The lowest BCUT2D eigenvalue weighted by molar-refractivity contribution is -0.151. The van der Waals surface area contributed by atoms with Gasteiger partial charge in [-0.3, -0.25) is 9.59 Å². The van der Waals surface area contributed by atoms with E-state index < -0.39 is 18.0 Å². The van der Waals surface area contributed by atoms with Gasteiger partial charge in [-0.1, -0.05) is 15.9 Å². The fourth-order valence-corrected chi connectivity index (χ4v) is 1.91.